The highest BCUT2D eigenvalue weighted by Crippen LogP contribution is 2.45. The summed E-state index contributed by atoms with van der Waals surface area (Å²) in [7, 11) is 0. The van der Waals surface area contributed by atoms with Gasteiger partial charge in [-0.2, -0.15) is 0 Å². The van der Waals surface area contributed by atoms with E-state index in [9.17, 15) is 0 Å². The quantitative estimate of drug-likeness (QED) is 0.149. The van der Waals surface area contributed by atoms with E-state index in [1.807, 2.05) is 6.07 Å². The van der Waals surface area contributed by atoms with E-state index >= 15 is 0 Å². The largest absolute Gasteiger partial charge is 0.455 e. The second kappa shape index (κ2) is 16.4. The molecule has 0 bridgehead atoms. The van der Waals surface area contributed by atoms with E-state index in [0.29, 0.717) is 0 Å². The van der Waals surface area contributed by atoms with Crippen molar-refractivity contribution in [3.05, 3.63) is 267 Å². The van der Waals surface area contributed by atoms with Gasteiger partial charge in [-0.3, -0.25) is 0 Å². The van der Waals surface area contributed by atoms with Crippen molar-refractivity contribution >= 4 is 104 Å². The van der Waals surface area contributed by atoms with Gasteiger partial charge in [-0.05, 0) is 138 Å². The summed E-state index contributed by atoms with van der Waals surface area (Å²) in [4.78, 5) is 2.43. The first-order valence-corrected chi connectivity index (χ1v) is 25.1. The molecule has 2 heterocycles. The van der Waals surface area contributed by atoms with Gasteiger partial charge in [0.1, 0.15) is 11.2 Å². The average molecular weight is 929 g/mol. The van der Waals surface area contributed by atoms with E-state index in [1.54, 1.807) is 0 Å². The maximum absolute atomic E-state index is 6.54. The van der Waals surface area contributed by atoms with Gasteiger partial charge in [-0.1, -0.05) is 200 Å². The molecule has 2 aromatic heterocycles. The Bertz CT molecular complexity index is 4640. The first kappa shape index (κ1) is 41.1. The van der Waals surface area contributed by atoms with Crippen molar-refractivity contribution in [3.8, 4) is 39.1 Å². The lowest BCUT2D eigenvalue weighted by molar-refractivity contribution is 0.670. The summed E-state index contributed by atoms with van der Waals surface area (Å²) in [5.74, 6) is 0. The minimum Gasteiger partial charge on any atom is -0.455 e. The fraction of sp³-hybridized carbons (Fsp3) is 0. The Hall–Kier alpha value is -9.70. The maximum atomic E-state index is 6.54. The molecule has 15 aromatic rings. The van der Waals surface area contributed by atoms with Crippen LogP contribution < -0.4 is 4.90 Å². The van der Waals surface area contributed by atoms with Gasteiger partial charge in [0.15, 0.2) is 0 Å². The highest BCUT2D eigenvalue weighted by Gasteiger charge is 2.21. The minimum absolute atomic E-state index is 0.898. The molecule has 3 heteroatoms. The number of benzene rings is 13. The van der Waals surface area contributed by atoms with Gasteiger partial charge >= 0.3 is 0 Å². The fourth-order valence-electron chi connectivity index (χ4n) is 11.8. The van der Waals surface area contributed by atoms with Crippen LogP contribution in [0, 0.1) is 0 Å². The molecule has 13 aromatic carbocycles. The molecule has 73 heavy (non-hydrogen) atoms. The Balaban J connectivity index is 0.943. The number of hydrogen-bond acceptors (Lipinski definition) is 2. The molecule has 0 aliphatic carbocycles. The van der Waals surface area contributed by atoms with Gasteiger partial charge in [0, 0.05) is 49.9 Å². The summed E-state index contributed by atoms with van der Waals surface area (Å²) in [5, 5.41) is 14.6. The summed E-state index contributed by atoms with van der Waals surface area (Å²) in [6, 6.07) is 97.5. The van der Waals surface area contributed by atoms with E-state index in [2.05, 4.69) is 270 Å². The zero-order valence-electron chi connectivity index (χ0n) is 39.7. The second-order valence-corrected chi connectivity index (χ2v) is 19.2. The molecule has 0 saturated heterocycles. The van der Waals surface area contributed by atoms with Crippen LogP contribution in [-0.4, -0.2) is 4.57 Å². The topological polar surface area (TPSA) is 21.3 Å². The molecule has 0 saturated carbocycles. The smallest absolute Gasteiger partial charge is 0.143 e. The van der Waals surface area contributed by atoms with Gasteiger partial charge in [-0.15, -0.1) is 0 Å². The highest BCUT2D eigenvalue weighted by atomic mass is 16.3. The van der Waals surface area contributed by atoms with E-state index in [4.69, 9.17) is 4.42 Å². The number of rotatable bonds is 7. The molecular weight excluding hydrogens is 885 g/mol. The third-order valence-electron chi connectivity index (χ3n) is 15.1. The van der Waals surface area contributed by atoms with Gasteiger partial charge in [0.05, 0.1) is 11.0 Å². The number of hydrogen-bond donors (Lipinski definition) is 0. The van der Waals surface area contributed by atoms with Crippen LogP contribution >= 0.6 is 0 Å². The molecule has 0 aliphatic heterocycles. The molecule has 0 atom stereocenters. The minimum atomic E-state index is 0.898. The van der Waals surface area contributed by atoms with E-state index < -0.39 is 0 Å². The van der Waals surface area contributed by atoms with Crippen molar-refractivity contribution in [2.45, 2.75) is 0 Å². The van der Waals surface area contributed by atoms with Crippen molar-refractivity contribution in [2.75, 3.05) is 4.90 Å². The molecule has 3 nitrogen and oxygen atoms in total. The van der Waals surface area contributed by atoms with Crippen LogP contribution in [0.4, 0.5) is 17.1 Å². The third kappa shape index (κ3) is 6.60. The van der Waals surface area contributed by atoms with Crippen molar-refractivity contribution in [3.63, 3.8) is 0 Å². The molecule has 340 valence electrons. The van der Waals surface area contributed by atoms with Crippen molar-refractivity contribution < 1.29 is 4.42 Å². The molecule has 0 fully saturated rings. The number of fused-ring (bicyclic) bond motifs is 13. The van der Waals surface area contributed by atoms with Crippen LogP contribution in [0.2, 0.25) is 0 Å². The lowest BCUT2D eigenvalue weighted by Crippen LogP contribution is -2.10. The predicted octanol–water partition coefficient (Wildman–Crippen LogP) is 19.8. The molecule has 0 amide bonds. The zero-order valence-corrected chi connectivity index (χ0v) is 39.7. The third-order valence-corrected chi connectivity index (χ3v) is 15.1. The molecule has 0 aliphatic rings. The standard InChI is InChI=1S/C70H44N2O/c1-2-16-46(17-3-1)65-42-52(35-38-54(65)49-30-29-45-15-4-5-18-48(45)41-49)72-67-27-12-10-23-61(67)62-40-37-53(44-68(62)72)71(51-36-39-60-58-21-7-6-19-56(58)57-20-8-9-22-59(57)66(60)43-51)50-33-31-47(32-34-50)55-25-14-26-64-63-24-11-13-28-69(63)73-70(55)64/h1-44H. The van der Waals surface area contributed by atoms with Crippen LogP contribution in [0.25, 0.3) is 126 Å². The predicted molar refractivity (Wildman–Crippen MR) is 309 cm³/mol. The first-order chi connectivity index (χ1) is 36.2. The molecular formula is C70H44N2O. The Kier molecular flexibility index (Phi) is 9.26. The van der Waals surface area contributed by atoms with Crippen LogP contribution in [-0.2, 0) is 0 Å². The molecule has 0 radical (unpaired) electrons. The number of aromatic nitrogens is 1. The normalized spacial score (nSPS) is 11.8. The Labute approximate surface area is 421 Å². The van der Waals surface area contributed by atoms with Crippen LogP contribution in [0.5, 0.6) is 0 Å². The summed E-state index contributed by atoms with van der Waals surface area (Å²) < 4.78 is 9.00. The van der Waals surface area contributed by atoms with Gasteiger partial charge < -0.3 is 13.9 Å². The van der Waals surface area contributed by atoms with E-state index in [1.165, 1.54) is 76.1 Å². The van der Waals surface area contributed by atoms with Gasteiger partial charge in [0.2, 0.25) is 0 Å². The number of anilines is 3. The van der Waals surface area contributed by atoms with Crippen molar-refractivity contribution in [1.82, 2.24) is 4.57 Å². The molecule has 0 spiro atoms. The molecule has 0 N–H and O–H groups in total. The van der Waals surface area contributed by atoms with Crippen molar-refractivity contribution in [1.29, 1.82) is 0 Å². The summed E-state index contributed by atoms with van der Waals surface area (Å²) >= 11 is 0. The SMILES string of the molecule is c1ccc(-c2cc(-n3c4ccccc4c4ccc(N(c5ccc(-c6cccc7c6oc6ccccc67)cc5)c5ccc6c7ccccc7c7ccccc7c6c5)cc43)ccc2-c2ccc3ccccc3c2)cc1. The summed E-state index contributed by atoms with van der Waals surface area (Å²) in [5.41, 5.74) is 15.3. The maximum Gasteiger partial charge on any atom is 0.143 e. The monoisotopic (exact) mass is 928 g/mol. The second-order valence-electron chi connectivity index (χ2n) is 19.2. The van der Waals surface area contributed by atoms with Crippen LogP contribution in [0.3, 0.4) is 0 Å². The van der Waals surface area contributed by atoms with Gasteiger partial charge in [0.25, 0.3) is 0 Å². The lowest BCUT2D eigenvalue weighted by Gasteiger charge is -2.27. The molecule has 15 rings (SSSR count). The fourth-order valence-corrected chi connectivity index (χ4v) is 11.8. The van der Waals surface area contributed by atoms with Gasteiger partial charge in [-0.25, -0.2) is 0 Å². The van der Waals surface area contributed by atoms with Crippen LogP contribution in [0.1, 0.15) is 0 Å². The number of furan rings is 1. The Morgan fingerprint density at radius 3 is 1.62 bits per heavy atom. The van der Waals surface area contributed by atoms with E-state index in [-0.39, 0.29) is 0 Å². The van der Waals surface area contributed by atoms with Crippen molar-refractivity contribution in [2.24, 2.45) is 0 Å². The Morgan fingerprint density at radius 1 is 0.274 bits per heavy atom. The average Bonchev–Trinajstić information content (AvgIpc) is 4.01. The molecule has 0 unspecified atom stereocenters. The van der Waals surface area contributed by atoms with Crippen LogP contribution in [0.15, 0.2) is 271 Å². The lowest BCUT2D eigenvalue weighted by atomic mass is 9.92. The summed E-state index contributed by atoms with van der Waals surface area (Å²) in [6.45, 7) is 0. The first-order valence-electron chi connectivity index (χ1n) is 25.1. The Morgan fingerprint density at radius 2 is 0.836 bits per heavy atom. The number of nitrogens with zero attached hydrogens (tertiary/aromatic N) is 2. The van der Waals surface area contributed by atoms with E-state index in [0.717, 1.165) is 66.8 Å². The summed E-state index contributed by atoms with van der Waals surface area (Å²) in [6.07, 6.45) is 0. The highest BCUT2D eigenvalue weighted by molar-refractivity contribution is 6.26. The number of para-hydroxylation sites is 3. The zero-order chi connectivity index (χ0) is 48.0.